The molecule has 0 unspecified atom stereocenters. The molecule has 1 saturated carbocycles. The summed E-state index contributed by atoms with van der Waals surface area (Å²) in [5, 5.41) is 4.06. The van der Waals surface area contributed by atoms with Crippen LogP contribution in [-0.4, -0.2) is 29.5 Å². The Labute approximate surface area is 204 Å². The molecule has 4 aromatic rings. The summed E-state index contributed by atoms with van der Waals surface area (Å²) in [6.45, 7) is 2.64. The lowest BCUT2D eigenvalue weighted by Crippen LogP contribution is -2.31. The maximum atomic E-state index is 13.9. The van der Waals surface area contributed by atoms with E-state index in [0.29, 0.717) is 23.9 Å². The van der Waals surface area contributed by atoms with E-state index in [1.165, 1.54) is 11.6 Å². The van der Waals surface area contributed by atoms with E-state index in [1.807, 2.05) is 37.4 Å². The molecule has 0 atom stereocenters. The quantitative estimate of drug-likeness (QED) is 0.342. The van der Waals surface area contributed by atoms with Crippen molar-refractivity contribution in [3.8, 4) is 16.9 Å². The zero-order valence-corrected chi connectivity index (χ0v) is 20.1. The number of aromatic nitrogens is 2. The van der Waals surface area contributed by atoms with Crippen LogP contribution in [0.3, 0.4) is 0 Å². The van der Waals surface area contributed by atoms with Crippen LogP contribution >= 0.6 is 0 Å². The number of ether oxygens (including phenoxy) is 1. The highest BCUT2D eigenvalue weighted by Crippen LogP contribution is 2.39. The van der Waals surface area contributed by atoms with E-state index >= 15 is 0 Å². The van der Waals surface area contributed by atoms with E-state index in [4.69, 9.17) is 4.74 Å². The van der Waals surface area contributed by atoms with E-state index < -0.39 is 0 Å². The number of aryl methyl sites for hydroxylation is 1. The Hall–Kier alpha value is -3.67. The van der Waals surface area contributed by atoms with Gasteiger partial charge in [-0.05, 0) is 80.3 Å². The van der Waals surface area contributed by atoms with Crippen molar-refractivity contribution in [2.45, 2.75) is 38.5 Å². The molecule has 1 fully saturated rings. The van der Waals surface area contributed by atoms with E-state index in [2.05, 4.69) is 21.4 Å². The zero-order chi connectivity index (χ0) is 24.4. The van der Waals surface area contributed by atoms with E-state index in [-0.39, 0.29) is 11.7 Å². The Bertz CT molecular complexity index is 1360. The van der Waals surface area contributed by atoms with Crippen molar-refractivity contribution in [3.63, 3.8) is 0 Å². The number of hydrogen-bond acceptors (Lipinski definition) is 3. The molecule has 2 heterocycles. The largest absolute Gasteiger partial charge is 0.496 e. The molecule has 180 valence electrons. The molecule has 0 aliphatic heterocycles. The summed E-state index contributed by atoms with van der Waals surface area (Å²) in [6.07, 6.45) is 7.66. The molecule has 1 amide bonds. The molecule has 6 heteroatoms. The van der Waals surface area contributed by atoms with Crippen molar-refractivity contribution in [3.05, 3.63) is 83.6 Å². The topological polar surface area (TPSA) is 67.0 Å². The summed E-state index contributed by atoms with van der Waals surface area (Å²) >= 11 is 0. The van der Waals surface area contributed by atoms with Crippen molar-refractivity contribution >= 4 is 16.8 Å². The monoisotopic (exact) mass is 471 g/mol. The maximum Gasteiger partial charge on any atom is 0.253 e. The lowest BCUT2D eigenvalue weighted by Gasteiger charge is -2.29. The normalized spacial score (nSPS) is 17.9. The van der Waals surface area contributed by atoms with Crippen LogP contribution in [0.1, 0.15) is 53.2 Å². The lowest BCUT2D eigenvalue weighted by atomic mass is 9.77. The number of para-hydroxylation sites is 1. The van der Waals surface area contributed by atoms with Gasteiger partial charge in [0.15, 0.2) is 0 Å². The third kappa shape index (κ3) is 4.78. The van der Waals surface area contributed by atoms with Gasteiger partial charge in [0, 0.05) is 41.1 Å². The maximum absolute atomic E-state index is 13.9. The Morgan fingerprint density at radius 2 is 1.89 bits per heavy atom. The van der Waals surface area contributed by atoms with Gasteiger partial charge in [-0.3, -0.25) is 9.78 Å². The van der Waals surface area contributed by atoms with Crippen LogP contribution in [0.5, 0.6) is 5.75 Å². The number of H-pyrrole nitrogens is 1. The molecule has 0 spiro atoms. The predicted octanol–water partition coefficient (Wildman–Crippen LogP) is 6.39. The molecule has 2 aromatic heterocycles. The first-order chi connectivity index (χ1) is 17.0. The van der Waals surface area contributed by atoms with Gasteiger partial charge in [0.2, 0.25) is 0 Å². The molecular formula is C29H30FN3O2. The van der Waals surface area contributed by atoms with Crippen LogP contribution < -0.4 is 10.1 Å². The van der Waals surface area contributed by atoms with Crippen molar-refractivity contribution in [2.75, 3.05) is 13.7 Å². The minimum Gasteiger partial charge on any atom is -0.496 e. The summed E-state index contributed by atoms with van der Waals surface area (Å²) in [5.41, 5.74) is 5.35. The second kappa shape index (κ2) is 9.90. The van der Waals surface area contributed by atoms with Crippen LogP contribution in [0.15, 0.2) is 60.9 Å². The van der Waals surface area contributed by atoms with Crippen molar-refractivity contribution in [1.82, 2.24) is 15.3 Å². The highest BCUT2D eigenvalue weighted by Gasteiger charge is 2.25. The summed E-state index contributed by atoms with van der Waals surface area (Å²) in [4.78, 5) is 20.7. The number of methoxy groups -OCH3 is 1. The van der Waals surface area contributed by atoms with Crippen molar-refractivity contribution in [2.24, 2.45) is 5.92 Å². The molecule has 1 aliphatic rings. The fraction of sp³-hybridized carbons (Fsp3) is 0.310. The molecular weight excluding hydrogens is 441 g/mol. The lowest BCUT2D eigenvalue weighted by molar-refractivity contribution is 0.0943. The number of aromatic amines is 1. The Kier molecular flexibility index (Phi) is 6.53. The highest BCUT2D eigenvalue weighted by atomic mass is 19.1. The van der Waals surface area contributed by atoms with Gasteiger partial charge in [0.05, 0.1) is 18.2 Å². The van der Waals surface area contributed by atoms with E-state index in [9.17, 15) is 9.18 Å². The first-order valence-electron chi connectivity index (χ1n) is 12.2. The SMILES string of the molecule is COc1ccccc1-c1c[nH]cc1C(=O)NCC1CCC(c2cc(C)nc3ccc(F)cc23)CC1. The minimum atomic E-state index is -0.224. The molecule has 2 N–H and O–H groups in total. The highest BCUT2D eigenvalue weighted by molar-refractivity contribution is 6.01. The van der Waals surface area contributed by atoms with Crippen molar-refractivity contribution in [1.29, 1.82) is 0 Å². The van der Waals surface area contributed by atoms with E-state index in [1.54, 1.807) is 25.4 Å². The molecule has 2 aromatic carbocycles. The molecule has 5 rings (SSSR count). The second-order valence-electron chi connectivity index (χ2n) is 9.42. The van der Waals surface area contributed by atoms with Crippen LogP contribution in [0, 0.1) is 18.7 Å². The fourth-order valence-electron chi connectivity index (χ4n) is 5.35. The average Bonchev–Trinajstić information content (AvgIpc) is 3.37. The molecule has 35 heavy (non-hydrogen) atoms. The number of carbonyl (C=O) groups is 1. The number of halogens is 1. The summed E-state index contributed by atoms with van der Waals surface area (Å²) in [7, 11) is 1.63. The average molecular weight is 472 g/mol. The second-order valence-corrected chi connectivity index (χ2v) is 9.42. The Morgan fingerprint density at radius 3 is 2.69 bits per heavy atom. The minimum absolute atomic E-state index is 0.0829. The molecule has 5 nitrogen and oxygen atoms in total. The number of hydrogen-bond donors (Lipinski definition) is 2. The van der Waals surface area contributed by atoms with Gasteiger partial charge in [-0.1, -0.05) is 18.2 Å². The molecule has 0 bridgehead atoms. The van der Waals surface area contributed by atoms with Crippen LogP contribution in [0.2, 0.25) is 0 Å². The number of amides is 1. The Morgan fingerprint density at radius 1 is 1.09 bits per heavy atom. The molecule has 1 aliphatic carbocycles. The van der Waals surface area contributed by atoms with Gasteiger partial charge in [0.25, 0.3) is 5.91 Å². The third-order valence-corrected chi connectivity index (χ3v) is 7.16. The van der Waals surface area contributed by atoms with Gasteiger partial charge in [0.1, 0.15) is 11.6 Å². The summed E-state index contributed by atoms with van der Waals surface area (Å²) in [5.74, 6) is 1.24. The number of fused-ring (bicyclic) bond motifs is 1. The summed E-state index contributed by atoms with van der Waals surface area (Å²) < 4.78 is 19.4. The van der Waals surface area contributed by atoms with Gasteiger partial charge in [-0.2, -0.15) is 0 Å². The number of pyridine rings is 1. The first kappa shape index (κ1) is 23.1. The van der Waals surface area contributed by atoms with Crippen LogP contribution in [0.4, 0.5) is 4.39 Å². The molecule has 0 saturated heterocycles. The number of nitrogens with one attached hydrogen (secondary N) is 2. The van der Waals surface area contributed by atoms with Gasteiger partial charge in [-0.15, -0.1) is 0 Å². The fourth-order valence-corrected chi connectivity index (χ4v) is 5.35. The van der Waals surface area contributed by atoms with Crippen LogP contribution in [0.25, 0.3) is 22.0 Å². The van der Waals surface area contributed by atoms with Gasteiger partial charge in [-0.25, -0.2) is 4.39 Å². The number of carbonyl (C=O) groups excluding carboxylic acids is 1. The number of nitrogens with zero attached hydrogens (tertiary/aromatic N) is 1. The molecule has 0 radical (unpaired) electrons. The zero-order valence-electron chi connectivity index (χ0n) is 20.1. The Balaban J connectivity index is 1.23. The van der Waals surface area contributed by atoms with Gasteiger partial charge >= 0.3 is 0 Å². The number of rotatable bonds is 6. The number of benzene rings is 2. The third-order valence-electron chi connectivity index (χ3n) is 7.16. The van der Waals surface area contributed by atoms with E-state index in [0.717, 1.165) is 59.2 Å². The standard InChI is InChI=1S/C29H30FN3O2/c1-18-13-23(24-14-21(30)11-12-27(24)33-18)20-9-7-19(8-10-20)15-32-29(34)26-17-31-16-25(26)22-5-3-4-6-28(22)35-2/h3-6,11-14,16-17,19-20,31H,7-10,15H2,1-2H3,(H,32,34). The van der Waals surface area contributed by atoms with Crippen molar-refractivity contribution < 1.29 is 13.9 Å². The first-order valence-corrected chi connectivity index (χ1v) is 12.2. The summed E-state index contributed by atoms with van der Waals surface area (Å²) in [6, 6.07) is 14.7. The smallest absolute Gasteiger partial charge is 0.253 e. The predicted molar refractivity (Wildman–Crippen MR) is 136 cm³/mol. The van der Waals surface area contributed by atoms with Gasteiger partial charge < -0.3 is 15.0 Å². The van der Waals surface area contributed by atoms with Crippen LogP contribution in [-0.2, 0) is 0 Å².